The first-order chi connectivity index (χ1) is 9.70. The molecule has 3 N–H and O–H groups in total. The van der Waals surface area contributed by atoms with Crippen LogP contribution < -0.4 is 5.32 Å². The molecular formula is C13H11FN4O2. The molecule has 0 aliphatic rings. The van der Waals surface area contributed by atoms with Crippen LogP contribution in [0.2, 0.25) is 0 Å². The van der Waals surface area contributed by atoms with Gasteiger partial charge in [0.25, 0.3) is 5.91 Å². The Kier molecular flexibility index (Phi) is 4.42. The first-order valence-corrected chi connectivity index (χ1v) is 5.77. The van der Waals surface area contributed by atoms with Gasteiger partial charge in [-0.1, -0.05) is 11.8 Å². The van der Waals surface area contributed by atoms with Crippen molar-refractivity contribution in [2.45, 2.75) is 6.42 Å². The van der Waals surface area contributed by atoms with Gasteiger partial charge >= 0.3 is 0 Å². The second kappa shape index (κ2) is 6.45. The number of anilines is 1. The van der Waals surface area contributed by atoms with E-state index >= 15 is 0 Å². The van der Waals surface area contributed by atoms with Gasteiger partial charge in [0.15, 0.2) is 5.69 Å². The molecule has 0 radical (unpaired) electrons. The molecule has 0 unspecified atom stereocenters. The fourth-order valence-corrected chi connectivity index (χ4v) is 1.42. The minimum atomic E-state index is -0.491. The van der Waals surface area contributed by atoms with Crippen LogP contribution in [0.5, 0.6) is 0 Å². The van der Waals surface area contributed by atoms with Gasteiger partial charge in [-0.3, -0.25) is 4.79 Å². The van der Waals surface area contributed by atoms with Gasteiger partial charge in [0, 0.05) is 12.1 Å². The summed E-state index contributed by atoms with van der Waals surface area (Å²) in [5, 5.41) is 20.7. The molecule has 2 aromatic rings. The summed E-state index contributed by atoms with van der Waals surface area (Å²) in [4.78, 5) is 11.7. The molecule has 7 heteroatoms. The van der Waals surface area contributed by atoms with Gasteiger partial charge in [0.1, 0.15) is 5.82 Å². The average molecular weight is 274 g/mol. The van der Waals surface area contributed by atoms with E-state index in [1.807, 2.05) is 0 Å². The van der Waals surface area contributed by atoms with Gasteiger partial charge in [0.2, 0.25) is 0 Å². The number of carbonyl (C=O) groups is 1. The lowest BCUT2D eigenvalue weighted by Crippen LogP contribution is -2.12. The molecule has 2 rings (SSSR count). The van der Waals surface area contributed by atoms with Crippen LogP contribution in [0.4, 0.5) is 10.1 Å². The number of H-pyrrole nitrogens is 1. The minimum absolute atomic E-state index is 0.0861. The fraction of sp³-hybridized carbons (Fsp3) is 0.154. The van der Waals surface area contributed by atoms with Gasteiger partial charge in [-0.15, -0.1) is 0 Å². The van der Waals surface area contributed by atoms with Crippen molar-refractivity contribution in [3.8, 4) is 11.8 Å². The monoisotopic (exact) mass is 274 g/mol. The Morgan fingerprint density at radius 3 is 3.05 bits per heavy atom. The number of hydrogen-bond acceptors (Lipinski definition) is 4. The van der Waals surface area contributed by atoms with Crippen LogP contribution in [-0.4, -0.2) is 33.0 Å². The van der Waals surface area contributed by atoms with Crippen molar-refractivity contribution < 1.29 is 14.3 Å². The van der Waals surface area contributed by atoms with E-state index in [0.29, 0.717) is 5.69 Å². The van der Waals surface area contributed by atoms with Crippen molar-refractivity contribution in [3.05, 3.63) is 41.5 Å². The Bertz CT molecular complexity index is 659. The van der Waals surface area contributed by atoms with Crippen LogP contribution >= 0.6 is 0 Å². The molecule has 0 saturated heterocycles. The molecule has 1 amide bonds. The van der Waals surface area contributed by atoms with Crippen LogP contribution in [-0.2, 0) is 0 Å². The van der Waals surface area contributed by atoms with Crippen molar-refractivity contribution in [1.29, 1.82) is 0 Å². The molecule has 1 aromatic heterocycles. The third-order valence-electron chi connectivity index (χ3n) is 2.33. The molecule has 1 heterocycles. The number of aliphatic hydroxyl groups excluding tert-OH is 1. The number of benzene rings is 1. The fourth-order valence-electron chi connectivity index (χ4n) is 1.42. The van der Waals surface area contributed by atoms with Crippen molar-refractivity contribution in [1.82, 2.24) is 15.4 Å². The largest absolute Gasteiger partial charge is 0.395 e. The summed E-state index contributed by atoms with van der Waals surface area (Å²) >= 11 is 0. The number of aromatic nitrogens is 3. The first-order valence-electron chi connectivity index (χ1n) is 5.77. The predicted octanol–water partition coefficient (Wildman–Crippen LogP) is 0.930. The molecule has 102 valence electrons. The summed E-state index contributed by atoms with van der Waals surface area (Å²) in [6.45, 7) is -0.0861. The molecule has 0 spiro atoms. The number of rotatable bonds is 3. The Morgan fingerprint density at radius 2 is 2.35 bits per heavy atom. The highest BCUT2D eigenvalue weighted by atomic mass is 19.1. The molecule has 1 aromatic carbocycles. The summed E-state index contributed by atoms with van der Waals surface area (Å²) in [5.74, 6) is 4.26. The highest BCUT2D eigenvalue weighted by Crippen LogP contribution is 2.14. The Labute approximate surface area is 114 Å². The molecule has 0 fully saturated rings. The number of hydrogen-bond donors (Lipinski definition) is 3. The lowest BCUT2D eigenvalue weighted by molar-refractivity contribution is 0.102. The zero-order chi connectivity index (χ0) is 14.4. The minimum Gasteiger partial charge on any atom is -0.395 e. The molecule has 0 aliphatic carbocycles. The quantitative estimate of drug-likeness (QED) is 0.726. The number of aromatic amines is 1. The Hall–Kier alpha value is -2.72. The summed E-state index contributed by atoms with van der Waals surface area (Å²) in [5.41, 5.74) is 0.673. The number of nitrogens with zero attached hydrogens (tertiary/aromatic N) is 2. The third-order valence-corrected chi connectivity index (χ3v) is 2.33. The third kappa shape index (κ3) is 3.40. The molecule has 0 aliphatic heterocycles. The van der Waals surface area contributed by atoms with E-state index in [0.717, 1.165) is 0 Å². The lowest BCUT2D eigenvalue weighted by atomic mass is 10.2. The van der Waals surface area contributed by atoms with E-state index in [2.05, 4.69) is 32.6 Å². The van der Waals surface area contributed by atoms with Crippen molar-refractivity contribution in [2.75, 3.05) is 11.9 Å². The van der Waals surface area contributed by atoms with Gasteiger partial charge in [0.05, 0.1) is 18.4 Å². The maximum Gasteiger partial charge on any atom is 0.277 e. The molecule has 20 heavy (non-hydrogen) atoms. The number of nitrogens with one attached hydrogen (secondary N) is 2. The molecule has 6 nitrogen and oxygen atoms in total. The zero-order valence-corrected chi connectivity index (χ0v) is 10.4. The van der Waals surface area contributed by atoms with Crippen LogP contribution in [0.25, 0.3) is 0 Å². The average Bonchev–Trinajstić information content (AvgIpc) is 2.96. The van der Waals surface area contributed by atoms with E-state index < -0.39 is 11.7 Å². The zero-order valence-electron chi connectivity index (χ0n) is 10.4. The summed E-state index contributed by atoms with van der Waals surface area (Å²) in [7, 11) is 0. The van der Waals surface area contributed by atoms with Gasteiger partial charge < -0.3 is 10.4 Å². The van der Waals surface area contributed by atoms with Crippen LogP contribution in [0.1, 0.15) is 22.5 Å². The molecular weight excluding hydrogens is 263 g/mol. The topological polar surface area (TPSA) is 90.9 Å². The molecule has 0 atom stereocenters. The lowest BCUT2D eigenvalue weighted by Gasteiger charge is -2.04. The Morgan fingerprint density at radius 1 is 1.50 bits per heavy atom. The number of carbonyl (C=O) groups excluding carboxylic acids is 1. The Balaban J connectivity index is 2.15. The van der Waals surface area contributed by atoms with Crippen LogP contribution in [0.15, 0.2) is 24.4 Å². The van der Waals surface area contributed by atoms with E-state index in [4.69, 9.17) is 5.11 Å². The molecule has 0 saturated carbocycles. The van der Waals surface area contributed by atoms with E-state index in [1.165, 1.54) is 24.4 Å². The number of aliphatic hydroxyl groups is 1. The highest BCUT2D eigenvalue weighted by Gasteiger charge is 2.09. The van der Waals surface area contributed by atoms with Gasteiger partial charge in [-0.2, -0.15) is 15.4 Å². The predicted molar refractivity (Wildman–Crippen MR) is 69.3 cm³/mol. The van der Waals surface area contributed by atoms with Crippen LogP contribution in [0, 0.1) is 17.7 Å². The maximum absolute atomic E-state index is 13.5. The van der Waals surface area contributed by atoms with E-state index in [-0.39, 0.29) is 24.3 Å². The highest BCUT2D eigenvalue weighted by molar-refractivity contribution is 6.02. The second-order valence-corrected chi connectivity index (χ2v) is 3.78. The summed E-state index contributed by atoms with van der Waals surface area (Å²) in [6, 6.07) is 4.05. The first kappa shape index (κ1) is 13.7. The van der Waals surface area contributed by atoms with E-state index in [9.17, 15) is 9.18 Å². The molecule has 0 bridgehead atoms. The smallest absolute Gasteiger partial charge is 0.277 e. The van der Waals surface area contributed by atoms with Crippen molar-refractivity contribution >= 4 is 11.6 Å². The number of halogens is 1. The maximum atomic E-state index is 13.5. The van der Waals surface area contributed by atoms with Crippen molar-refractivity contribution in [3.63, 3.8) is 0 Å². The summed E-state index contributed by atoms with van der Waals surface area (Å²) < 4.78 is 13.5. The van der Waals surface area contributed by atoms with Crippen molar-refractivity contribution in [2.24, 2.45) is 0 Å². The normalized spacial score (nSPS) is 9.70. The summed E-state index contributed by atoms with van der Waals surface area (Å²) in [6.07, 6.45) is 1.54. The van der Waals surface area contributed by atoms with Gasteiger partial charge in [-0.05, 0) is 18.2 Å². The number of amides is 1. The van der Waals surface area contributed by atoms with E-state index in [1.54, 1.807) is 0 Å². The second-order valence-electron chi connectivity index (χ2n) is 3.78. The van der Waals surface area contributed by atoms with Gasteiger partial charge in [-0.25, -0.2) is 4.39 Å². The standard InChI is InChI=1S/C13H11FN4O2/c14-11-5-4-10(7-9(11)3-1-2-6-19)16-13(20)12-8-15-18-17-12/h4-5,7-8,19H,2,6H2,(H,16,20)(H,15,17,18). The van der Waals surface area contributed by atoms with Crippen LogP contribution in [0.3, 0.4) is 0 Å². The SMILES string of the molecule is O=C(Nc1ccc(F)c(C#CCCO)c1)c1cn[nH]n1.